The van der Waals surface area contributed by atoms with E-state index in [-0.39, 0.29) is 42.1 Å². The fourth-order valence-electron chi connectivity index (χ4n) is 3.86. The minimum atomic E-state index is -1.81. The molecule has 0 atom stereocenters. The van der Waals surface area contributed by atoms with E-state index in [0.717, 1.165) is 0 Å². The first-order chi connectivity index (χ1) is 10.3. The number of allylic oxidation sites excluding steroid dienone is 3. The molecule has 1 aliphatic heterocycles. The van der Waals surface area contributed by atoms with Crippen LogP contribution in [-0.4, -0.2) is 31.8 Å². The van der Waals surface area contributed by atoms with Crippen molar-refractivity contribution in [2.24, 2.45) is 0 Å². The quantitative estimate of drug-likeness (QED) is 0.460. The second-order valence-electron chi connectivity index (χ2n) is 8.02. The van der Waals surface area contributed by atoms with Crippen molar-refractivity contribution in [2.75, 3.05) is 13.1 Å². The third-order valence-corrected chi connectivity index (χ3v) is 7.46. The van der Waals surface area contributed by atoms with Gasteiger partial charge in [0.25, 0.3) is 0 Å². The van der Waals surface area contributed by atoms with Gasteiger partial charge in [0.1, 0.15) is 0 Å². The molecule has 1 heterocycles. The van der Waals surface area contributed by atoms with Crippen molar-refractivity contribution < 1.29 is 21.7 Å². The molecule has 1 saturated heterocycles. The van der Waals surface area contributed by atoms with Gasteiger partial charge in [-0.2, -0.15) is 0 Å². The topological polar surface area (TPSA) is 17.3 Å². The molecule has 0 aromatic rings. The zero-order valence-corrected chi connectivity index (χ0v) is 19.7. The number of hydrogen-bond acceptors (Lipinski definition) is 1. The summed E-state index contributed by atoms with van der Waals surface area (Å²) in [6.45, 7) is 13.8. The van der Waals surface area contributed by atoms with E-state index < -0.39 is 8.24 Å². The van der Waals surface area contributed by atoms with E-state index in [1.165, 1.54) is 49.3 Å². The molecule has 0 spiro atoms. The van der Waals surface area contributed by atoms with Crippen LogP contribution in [0.2, 0.25) is 13.1 Å². The molecule has 25 heavy (non-hydrogen) atoms. The van der Waals surface area contributed by atoms with Gasteiger partial charge in [-0.05, 0) is 37.9 Å². The van der Waals surface area contributed by atoms with Gasteiger partial charge in [0.05, 0.1) is 6.04 Å². The van der Waals surface area contributed by atoms with Crippen LogP contribution < -0.4 is 0 Å². The van der Waals surface area contributed by atoms with Gasteiger partial charge in [-0.15, -0.1) is 5.54 Å². The fraction of sp³-hybridized carbons (Fsp3) is 0.476. The van der Waals surface area contributed by atoms with Crippen LogP contribution in [0.4, 0.5) is 0 Å². The van der Waals surface area contributed by atoms with E-state index in [0.29, 0.717) is 0 Å². The molecule has 135 valence electrons. The van der Waals surface area contributed by atoms with Crippen LogP contribution in [0.3, 0.4) is 0 Å². The van der Waals surface area contributed by atoms with Crippen LogP contribution in [0.5, 0.6) is 0 Å². The van der Waals surface area contributed by atoms with Gasteiger partial charge in [0.15, 0.2) is 0 Å². The summed E-state index contributed by atoms with van der Waals surface area (Å²) in [5.41, 5.74) is 1.53. The molecule has 2 aliphatic carbocycles. The van der Waals surface area contributed by atoms with Gasteiger partial charge in [-0.3, -0.25) is 4.90 Å². The molecule has 3 rings (SSSR count). The van der Waals surface area contributed by atoms with E-state index in [4.69, 9.17) is 4.98 Å². The summed E-state index contributed by atoms with van der Waals surface area (Å²) in [7, 11) is -1.81. The molecule has 5 radical (unpaired) electrons. The first-order valence-electron chi connectivity index (χ1n) is 8.46. The van der Waals surface area contributed by atoms with Gasteiger partial charge < -0.3 is 19.8 Å². The van der Waals surface area contributed by atoms with Crippen LogP contribution in [0.15, 0.2) is 24.3 Å². The maximum absolute atomic E-state index is 5.22. The number of fused-ring (bicyclic) bond motifs is 1. The van der Waals surface area contributed by atoms with E-state index in [2.05, 4.69) is 69.5 Å². The van der Waals surface area contributed by atoms with Crippen molar-refractivity contribution in [1.29, 1.82) is 0 Å². The Morgan fingerprint density at radius 3 is 2.00 bits per heavy atom. The van der Waals surface area contributed by atoms with E-state index in [1.807, 2.05) is 0 Å². The van der Waals surface area contributed by atoms with Crippen LogP contribution in [0.25, 0.3) is 4.98 Å². The summed E-state index contributed by atoms with van der Waals surface area (Å²) in [6, 6.07) is 1.44. The normalized spacial score (nSPS) is 23.1. The second kappa shape index (κ2) is 9.50. The van der Waals surface area contributed by atoms with Gasteiger partial charge in [-0.1, -0.05) is 66.4 Å². The third kappa shape index (κ3) is 5.65. The first-order valence-corrected chi connectivity index (χ1v) is 11.4. The van der Waals surface area contributed by atoms with Gasteiger partial charge in [0.2, 0.25) is 0 Å². The van der Waals surface area contributed by atoms with E-state index in [1.54, 1.807) is 0 Å². The summed E-state index contributed by atoms with van der Waals surface area (Å²) >= 11 is 0. The van der Waals surface area contributed by atoms with Crippen molar-refractivity contribution >= 4 is 8.24 Å². The van der Waals surface area contributed by atoms with Crippen LogP contribution in [-0.2, 0) is 21.7 Å². The number of likely N-dealkylation sites (tertiary alicyclic amines) is 1. The minimum absolute atomic E-state index is 0. The van der Waals surface area contributed by atoms with E-state index in [9.17, 15) is 0 Å². The molecule has 0 aromatic heterocycles. The smallest absolute Gasteiger partial charge is 0.659 e. The number of nitrogens with zero attached hydrogens (tertiary/aromatic N) is 2. The Kier molecular flexibility index (Phi) is 9.63. The molecular formula is C21H34N2SiTi+. The Hall–Kier alpha value is 0.331. The van der Waals surface area contributed by atoms with Crippen LogP contribution >= 0.6 is 0 Å². The molecule has 0 bridgehead atoms. The van der Waals surface area contributed by atoms with Crippen LogP contribution in [0, 0.1) is 44.7 Å². The van der Waals surface area contributed by atoms with E-state index >= 15 is 0 Å². The Labute approximate surface area is 173 Å². The van der Waals surface area contributed by atoms with Crippen molar-refractivity contribution in [2.45, 2.75) is 52.2 Å². The third-order valence-electron chi connectivity index (χ3n) is 4.50. The zero-order chi connectivity index (χ0) is 16.0. The van der Waals surface area contributed by atoms with Crippen molar-refractivity contribution in [3.05, 3.63) is 74.0 Å². The minimum Gasteiger partial charge on any atom is -0.659 e. The van der Waals surface area contributed by atoms with Crippen molar-refractivity contribution in [3.63, 3.8) is 0 Å². The Bertz CT molecular complexity index is 461. The Balaban J connectivity index is 0.00000192. The standard InChI is InChI=1S/C19H28N2Si.2CH3.Ti/c1-19(2,3)20-22(4,5)18-14-17(21-12-8-9-13-21)15-10-6-7-11-16(15)18;;;/h6-7,10-11,14H,8-9,12-13H2,1-5H3;2*1H3;/q3*-1;+4. The molecule has 4 heteroatoms. The average molecular weight is 390 g/mol. The largest absolute Gasteiger partial charge is 4.00 e. The summed E-state index contributed by atoms with van der Waals surface area (Å²) in [5.74, 6) is 2.85. The predicted molar refractivity (Wildman–Crippen MR) is 110 cm³/mol. The monoisotopic (exact) mass is 390 g/mol. The SMILES string of the molecule is CC(C)(C)[N-][Si](C)(C)[C]1[CH][C](N2CCCC2)[C]2C=CC=C[C]21.[CH3-].[CH3-].[Ti+4]. The molecule has 0 amide bonds. The molecule has 1 saturated carbocycles. The molecule has 2 nitrogen and oxygen atoms in total. The average Bonchev–Trinajstić information content (AvgIpc) is 3.02. The van der Waals surface area contributed by atoms with Crippen molar-refractivity contribution in [3.8, 4) is 0 Å². The van der Waals surface area contributed by atoms with Crippen LogP contribution in [0.1, 0.15) is 33.6 Å². The first kappa shape index (κ1) is 25.3. The summed E-state index contributed by atoms with van der Waals surface area (Å²) < 4.78 is 0. The second-order valence-corrected chi connectivity index (χ2v) is 11.9. The molecule has 2 fully saturated rings. The Morgan fingerprint density at radius 2 is 1.48 bits per heavy atom. The molecule has 3 aliphatic rings. The maximum Gasteiger partial charge on any atom is 4.00 e. The van der Waals surface area contributed by atoms with Crippen molar-refractivity contribution in [1.82, 2.24) is 4.90 Å². The van der Waals surface area contributed by atoms with Gasteiger partial charge in [0, 0.05) is 11.8 Å². The predicted octanol–water partition coefficient (Wildman–Crippen LogP) is 5.50. The zero-order valence-electron chi connectivity index (χ0n) is 17.1. The maximum atomic E-state index is 5.22. The number of rotatable bonds is 3. The molecule has 0 unspecified atom stereocenters. The summed E-state index contributed by atoms with van der Waals surface area (Å²) in [6.07, 6.45) is 14.0. The molecule has 0 N–H and O–H groups in total. The van der Waals surface area contributed by atoms with Gasteiger partial charge >= 0.3 is 21.7 Å². The fourth-order valence-corrected chi connectivity index (χ4v) is 7.02. The summed E-state index contributed by atoms with van der Waals surface area (Å²) in [5, 5.41) is 0. The number of hydrogen-bond donors (Lipinski definition) is 0. The summed E-state index contributed by atoms with van der Waals surface area (Å²) in [4.78, 5) is 7.78. The molecule has 0 aromatic carbocycles. The van der Waals surface area contributed by atoms with Gasteiger partial charge in [-0.25, -0.2) is 0 Å². The molecular weight excluding hydrogens is 356 g/mol. The Morgan fingerprint density at radius 1 is 0.960 bits per heavy atom.